The van der Waals surface area contributed by atoms with E-state index in [2.05, 4.69) is 10.5 Å². The first-order chi connectivity index (χ1) is 12.6. The van der Waals surface area contributed by atoms with Gasteiger partial charge in [-0.15, -0.1) is 0 Å². The van der Waals surface area contributed by atoms with Crippen LogP contribution in [-0.4, -0.2) is 40.6 Å². The lowest BCUT2D eigenvalue weighted by Crippen LogP contribution is -2.26. The number of ether oxygens (including phenoxy) is 4. The van der Waals surface area contributed by atoms with E-state index in [0.717, 1.165) is 5.56 Å². The molecule has 1 amide bonds. The van der Waals surface area contributed by atoms with Gasteiger partial charge in [-0.3, -0.25) is 4.79 Å². The molecule has 0 aliphatic rings. The van der Waals surface area contributed by atoms with Gasteiger partial charge in [0.15, 0.2) is 17.6 Å². The molecular formula is C19H22N2O5. The third-order valence-electron chi connectivity index (χ3n) is 3.69. The molecule has 0 aliphatic heterocycles. The van der Waals surface area contributed by atoms with Crippen molar-refractivity contribution in [3.8, 4) is 17.2 Å². The van der Waals surface area contributed by atoms with E-state index < -0.39 is 6.10 Å². The normalized spacial score (nSPS) is 11.8. The molecule has 138 valence electrons. The molecule has 26 heavy (non-hydrogen) atoms. The Morgan fingerprint density at radius 3 is 2.23 bits per heavy atom. The van der Waals surface area contributed by atoms with Crippen LogP contribution in [0.5, 0.6) is 17.2 Å². The minimum absolute atomic E-state index is 0.380. The Balaban J connectivity index is 2.04. The first kappa shape index (κ1) is 19.3. The highest BCUT2D eigenvalue weighted by Gasteiger charge is 2.19. The maximum absolute atomic E-state index is 12.3. The smallest absolute Gasteiger partial charge is 0.273 e. The second-order valence-electron chi connectivity index (χ2n) is 5.24. The third kappa shape index (κ3) is 4.73. The van der Waals surface area contributed by atoms with Crippen LogP contribution in [0, 0.1) is 0 Å². The van der Waals surface area contributed by atoms with Gasteiger partial charge in [0.2, 0.25) is 0 Å². The zero-order chi connectivity index (χ0) is 18.9. The molecule has 7 nitrogen and oxygen atoms in total. The van der Waals surface area contributed by atoms with Crippen LogP contribution in [0.3, 0.4) is 0 Å². The average Bonchev–Trinajstić information content (AvgIpc) is 2.69. The summed E-state index contributed by atoms with van der Waals surface area (Å²) in [5, 5.41) is 3.97. The monoisotopic (exact) mass is 358 g/mol. The predicted molar refractivity (Wildman–Crippen MR) is 98.0 cm³/mol. The van der Waals surface area contributed by atoms with E-state index in [-0.39, 0.29) is 5.91 Å². The summed E-state index contributed by atoms with van der Waals surface area (Å²) < 4.78 is 20.8. The number of hydrogen-bond donors (Lipinski definition) is 1. The largest absolute Gasteiger partial charge is 0.497 e. The van der Waals surface area contributed by atoms with Gasteiger partial charge in [-0.2, -0.15) is 5.10 Å². The molecule has 0 spiro atoms. The zero-order valence-corrected chi connectivity index (χ0v) is 15.2. The van der Waals surface area contributed by atoms with E-state index in [4.69, 9.17) is 18.9 Å². The summed E-state index contributed by atoms with van der Waals surface area (Å²) in [5.41, 5.74) is 3.93. The van der Waals surface area contributed by atoms with Gasteiger partial charge in [0.1, 0.15) is 5.75 Å². The molecule has 2 rings (SSSR count). The number of hydrazone groups is 1. The lowest BCUT2D eigenvalue weighted by atomic mass is 10.1. The van der Waals surface area contributed by atoms with E-state index in [1.165, 1.54) is 13.3 Å². The van der Waals surface area contributed by atoms with Crippen molar-refractivity contribution in [2.45, 2.75) is 6.10 Å². The molecule has 0 aliphatic carbocycles. The van der Waals surface area contributed by atoms with Crippen molar-refractivity contribution in [3.63, 3.8) is 0 Å². The van der Waals surface area contributed by atoms with Crippen LogP contribution in [0.25, 0.3) is 0 Å². The number of nitrogens with zero attached hydrogens (tertiary/aromatic N) is 1. The van der Waals surface area contributed by atoms with E-state index in [0.29, 0.717) is 22.8 Å². The Morgan fingerprint density at radius 1 is 0.962 bits per heavy atom. The van der Waals surface area contributed by atoms with Crippen molar-refractivity contribution in [2.75, 3.05) is 28.4 Å². The minimum atomic E-state index is -0.775. The zero-order valence-electron chi connectivity index (χ0n) is 15.2. The van der Waals surface area contributed by atoms with Crippen LogP contribution in [0.4, 0.5) is 0 Å². The molecule has 1 atom stereocenters. The molecule has 0 saturated carbocycles. The lowest BCUT2D eigenvalue weighted by Gasteiger charge is -2.14. The Hall–Kier alpha value is -3.06. The Labute approximate surface area is 152 Å². The molecular weight excluding hydrogens is 336 g/mol. The topological polar surface area (TPSA) is 78.4 Å². The Morgan fingerprint density at radius 2 is 1.65 bits per heavy atom. The SMILES string of the molecule is COc1ccc(C(OC)C(=O)NN=Cc2ccc(OC)c(OC)c2)cc1. The highest BCUT2D eigenvalue weighted by molar-refractivity contribution is 5.85. The fraction of sp³-hybridized carbons (Fsp3) is 0.263. The fourth-order valence-electron chi connectivity index (χ4n) is 2.34. The van der Waals surface area contributed by atoms with E-state index in [1.807, 2.05) is 0 Å². The molecule has 7 heteroatoms. The van der Waals surface area contributed by atoms with Crippen molar-refractivity contribution in [1.82, 2.24) is 5.43 Å². The van der Waals surface area contributed by atoms with Gasteiger partial charge < -0.3 is 18.9 Å². The second-order valence-corrected chi connectivity index (χ2v) is 5.24. The summed E-state index contributed by atoms with van der Waals surface area (Å²) in [4.78, 5) is 12.3. The maximum Gasteiger partial charge on any atom is 0.273 e. The van der Waals surface area contributed by atoms with Gasteiger partial charge in [0, 0.05) is 7.11 Å². The number of carbonyl (C=O) groups is 1. The molecule has 0 saturated heterocycles. The molecule has 0 aromatic heterocycles. The highest BCUT2D eigenvalue weighted by Crippen LogP contribution is 2.26. The number of methoxy groups -OCH3 is 4. The number of amides is 1. The van der Waals surface area contributed by atoms with E-state index in [9.17, 15) is 4.79 Å². The Bertz CT molecular complexity index is 759. The molecule has 2 aromatic rings. The summed E-state index contributed by atoms with van der Waals surface area (Å²) in [6.45, 7) is 0. The molecule has 0 heterocycles. The second kappa shape index (κ2) is 9.43. The lowest BCUT2D eigenvalue weighted by molar-refractivity contribution is -0.131. The number of rotatable bonds is 8. The quantitative estimate of drug-likeness (QED) is 0.580. The first-order valence-electron chi connectivity index (χ1n) is 7.84. The van der Waals surface area contributed by atoms with E-state index >= 15 is 0 Å². The van der Waals surface area contributed by atoms with Gasteiger partial charge >= 0.3 is 0 Å². The number of hydrogen-bond acceptors (Lipinski definition) is 6. The summed E-state index contributed by atoms with van der Waals surface area (Å²) in [6.07, 6.45) is 0.740. The standard InChI is InChI=1S/C19H22N2O5/c1-23-15-8-6-14(7-9-15)18(26-4)19(22)21-20-12-13-5-10-16(24-2)17(11-13)25-3/h5-12,18H,1-4H3,(H,21,22). The summed E-state index contributed by atoms with van der Waals surface area (Å²) in [6, 6.07) is 12.4. The van der Waals surface area contributed by atoms with Crippen molar-refractivity contribution in [3.05, 3.63) is 53.6 Å². The van der Waals surface area contributed by atoms with Crippen LogP contribution in [0.1, 0.15) is 17.2 Å². The summed E-state index contributed by atoms with van der Waals surface area (Å²) in [5.74, 6) is 1.52. The molecule has 0 fully saturated rings. The van der Waals surface area contributed by atoms with Crippen molar-refractivity contribution >= 4 is 12.1 Å². The minimum Gasteiger partial charge on any atom is -0.497 e. The highest BCUT2D eigenvalue weighted by atomic mass is 16.5. The van der Waals surface area contributed by atoms with E-state index in [1.54, 1.807) is 63.8 Å². The molecule has 1 N–H and O–H groups in total. The first-order valence-corrected chi connectivity index (χ1v) is 7.84. The summed E-state index contributed by atoms with van der Waals surface area (Å²) in [7, 11) is 6.17. The summed E-state index contributed by atoms with van der Waals surface area (Å²) >= 11 is 0. The third-order valence-corrected chi connectivity index (χ3v) is 3.69. The van der Waals surface area contributed by atoms with Crippen molar-refractivity contribution < 1.29 is 23.7 Å². The Kier molecular flexibility index (Phi) is 6.99. The molecule has 1 unspecified atom stereocenters. The molecule has 2 aromatic carbocycles. The number of nitrogens with one attached hydrogen (secondary N) is 1. The predicted octanol–water partition coefficient (Wildman–Crippen LogP) is 2.55. The van der Waals surface area contributed by atoms with Crippen LogP contribution in [-0.2, 0) is 9.53 Å². The van der Waals surface area contributed by atoms with Crippen molar-refractivity contribution in [1.29, 1.82) is 0 Å². The molecule has 0 radical (unpaired) electrons. The van der Waals surface area contributed by atoms with Gasteiger partial charge in [-0.05, 0) is 41.5 Å². The van der Waals surface area contributed by atoms with Gasteiger partial charge in [0.05, 0.1) is 27.5 Å². The van der Waals surface area contributed by atoms with Crippen LogP contribution in [0.15, 0.2) is 47.6 Å². The average molecular weight is 358 g/mol. The maximum atomic E-state index is 12.3. The van der Waals surface area contributed by atoms with Gasteiger partial charge in [0.25, 0.3) is 5.91 Å². The van der Waals surface area contributed by atoms with Crippen LogP contribution >= 0.6 is 0 Å². The number of benzene rings is 2. The number of carbonyl (C=O) groups excluding carboxylic acids is 1. The van der Waals surface area contributed by atoms with Gasteiger partial charge in [-0.25, -0.2) is 5.43 Å². The van der Waals surface area contributed by atoms with Crippen LogP contribution in [0.2, 0.25) is 0 Å². The fourth-order valence-corrected chi connectivity index (χ4v) is 2.34. The van der Waals surface area contributed by atoms with Crippen LogP contribution < -0.4 is 19.6 Å². The van der Waals surface area contributed by atoms with Gasteiger partial charge in [-0.1, -0.05) is 12.1 Å². The molecule has 0 bridgehead atoms. The van der Waals surface area contributed by atoms with Crippen molar-refractivity contribution in [2.24, 2.45) is 5.10 Å².